The zero-order valence-corrected chi connectivity index (χ0v) is 13.3. The Morgan fingerprint density at radius 1 is 1.48 bits per heavy atom. The van der Waals surface area contributed by atoms with Gasteiger partial charge in [-0.2, -0.15) is 5.26 Å². The van der Waals surface area contributed by atoms with E-state index in [-0.39, 0.29) is 5.69 Å². The van der Waals surface area contributed by atoms with E-state index in [1.165, 1.54) is 17.8 Å². The summed E-state index contributed by atoms with van der Waals surface area (Å²) >= 11 is 1.28. The number of ether oxygens (including phenoxy) is 1. The predicted octanol–water partition coefficient (Wildman–Crippen LogP) is 3.01. The van der Waals surface area contributed by atoms with E-state index in [0.717, 1.165) is 36.9 Å². The van der Waals surface area contributed by atoms with Gasteiger partial charge in [0.05, 0.1) is 12.3 Å². The van der Waals surface area contributed by atoms with Crippen LogP contribution in [0.15, 0.2) is 0 Å². The maximum atomic E-state index is 11.9. The molecule has 0 unspecified atom stereocenters. The second kappa shape index (κ2) is 6.81. The molecule has 21 heavy (non-hydrogen) atoms. The Morgan fingerprint density at radius 3 is 2.67 bits per heavy atom. The first-order valence-electron chi connectivity index (χ1n) is 7.36. The maximum Gasteiger partial charge on any atom is 0.350 e. The lowest BCUT2D eigenvalue weighted by Gasteiger charge is -2.32. The predicted molar refractivity (Wildman–Crippen MR) is 84.6 cm³/mol. The smallest absolute Gasteiger partial charge is 0.350 e. The summed E-state index contributed by atoms with van der Waals surface area (Å²) in [5, 5.41) is 10.2. The minimum absolute atomic E-state index is 0.258. The van der Waals surface area contributed by atoms with Crippen molar-refractivity contribution in [2.24, 2.45) is 5.92 Å². The highest BCUT2D eigenvalue weighted by atomic mass is 32.1. The molecule has 2 N–H and O–H groups in total. The van der Waals surface area contributed by atoms with E-state index < -0.39 is 5.97 Å². The molecule has 5 nitrogen and oxygen atoms in total. The molecule has 1 aliphatic rings. The molecule has 0 aliphatic carbocycles. The number of esters is 1. The van der Waals surface area contributed by atoms with Crippen LogP contribution >= 0.6 is 11.3 Å². The fraction of sp³-hybridized carbons (Fsp3) is 0.600. The van der Waals surface area contributed by atoms with Crippen LogP contribution in [0, 0.1) is 17.2 Å². The molecule has 1 aromatic rings. The number of nitrogens with two attached hydrogens (primary N) is 1. The molecule has 2 rings (SSSR count). The number of hydrogen-bond donors (Lipinski definition) is 1. The summed E-state index contributed by atoms with van der Waals surface area (Å²) in [6, 6.07) is 2.14. The molecule has 114 valence electrons. The Labute approximate surface area is 129 Å². The van der Waals surface area contributed by atoms with Crippen LogP contribution in [0.25, 0.3) is 0 Å². The molecule has 1 aromatic heterocycles. The molecule has 0 amide bonds. The summed E-state index contributed by atoms with van der Waals surface area (Å²) in [5.41, 5.74) is 6.64. The van der Waals surface area contributed by atoms with E-state index in [9.17, 15) is 10.1 Å². The summed E-state index contributed by atoms with van der Waals surface area (Å²) in [5.74, 6) is 0.319. The standard InChI is InChI=1S/C15H21N3O2S/c1-3-10-5-7-18(8-6-10)14-11(9-16)12(17)13(21-14)15(19)20-4-2/h10H,3-8,17H2,1-2H3. The average Bonchev–Trinajstić information content (AvgIpc) is 2.84. The summed E-state index contributed by atoms with van der Waals surface area (Å²) in [6.07, 6.45) is 3.43. The van der Waals surface area contributed by atoms with E-state index in [0.29, 0.717) is 17.0 Å². The lowest BCUT2D eigenvalue weighted by atomic mass is 9.94. The van der Waals surface area contributed by atoms with Crippen LogP contribution in [0.5, 0.6) is 0 Å². The fourth-order valence-corrected chi connectivity index (χ4v) is 3.77. The lowest BCUT2D eigenvalue weighted by molar-refractivity contribution is 0.0533. The highest BCUT2D eigenvalue weighted by Gasteiger charge is 2.27. The van der Waals surface area contributed by atoms with Crippen LogP contribution in [0.3, 0.4) is 0 Å². The van der Waals surface area contributed by atoms with Gasteiger partial charge in [-0.25, -0.2) is 4.79 Å². The molecule has 0 radical (unpaired) electrons. The van der Waals surface area contributed by atoms with Crippen molar-refractivity contribution >= 4 is 28.0 Å². The topological polar surface area (TPSA) is 79.3 Å². The van der Waals surface area contributed by atoms with Crippen molar-refractivity contribution in [3.05, 3.63) is 10.4 Å². The van der Waals surface area contributed by atoms with Gasteiger partial charge in [0.25, 0.3) is 0 Å². The molecule has 2 heterocycles. The van der Waals surface area contributed by atoms with Gasteiger partial charge in [0, 0.05) is 13.1 Å². The summed E-state index contributed by atoms with van der Waals surface area (Å²) in [4.78, 5) is 14.4. The van der Waals surface area contributed by atoms with Crippen LogP contribution in [-0.2, 0) is 4.74 Å². The Morgan fingerprint density at radius 2 is 2.14 bits per heavy atom. The number of piperidine rings is 1. The van der Waals surface area contributed by atoms with Gasteiger partial charge in [0.1, 0.15) is 21.5 Å². The van der Waals surface area contributed by atoms with Gasteiger partial charge in [-0.3, -0.25) is 0 Å². The molecule has 1 aliphatic heterocycles. The van der Waals surface area contributed by atoms with Crippen LogP contribution in [0.4, 0.5) is 10.7 Å². The molecular weight excluding hydrogens is 286 g/mol. The average molecular weight is 307 g/mol. The number of thiophene rings is 1. The second-order valence-electron chi connectivity index (χ2n) is 5.20. The summed E-state index contributed by atoms with van der Waals surface area (Å²) < 4.78 is 5.01. The van der Waals surface area contributed by atoms with E-state index >= 15 is 0 Å². The Hall–Kier alpha value is -1.74. The number of nitrogens with zero attached hydrogens (tertiary/aromatic N) is 2. The third-order valence-electron chi connectivity index (χ3n) is 3.98. The van der Waals surface area contributed by atoms with Crippen LogP contribution < -0.4 is 10.6 Å². The third-order valence-corrected chi connectivity index (χ3v) is 5.22. The fourth-order valence-electron chi connectivity index (χ4n) is 2.65. The van der Waals surface area contributed by atoms with Crippen molar-refractivity contribution < 1.29 is 9.53 Å². The van der Waals surface area contributed by atoms with Gasteiger partial charge < -0.3 is 15.4 Å². The van der Waals surface area contributed by atoms with Crippen molar-refractivity contribution in [1.29, 1.82) is 5.26 Å². The quantitative estimate of drug-likeness (QED) is 0.865. The van der Waals surface area contributed by atoms with Crippen molar-refractivity contribution in [2.45, 2.75) is 33.1 Å². The number of carbonyl (C=O) groups excluding carboxylic acids is 1. The largest absolute Gasteiger partial charge is 0.462 e. The third kappa shape index (κ3) is 3.13. The molecule has 1 saturated heterocycles. The highest BCUT2D eigenvalue weighted by molar-refractivity contribution is 7.18. The summed E-state index contributed by atoms with van der Waals surface area (Å²) in [7, 11) is 0. The van der Waals surface area contributed by atoms with Crippen molar-refractivity contribution in [2.75, 3.05) is 30.3 Å². The first-order valence-corrected chi connectivity index (χ1v) is 8.18. The van der Waals surface area contributed by atoms with Crippen LogP contribution in [0.1, 0.15) is 48.3 Å². The normalized spacial score (nSPS) is 15.8. The minimum Gasteiger partial charge on any atom is -0.462 e. The number of nitriles is 1. The van der Waals surface area contributed by atoms with Gasteiger partial charge in [-0.15, -0.1) is 11.3 Å². The summed E-state index contributed by atoms with van der Waals surface area (Å²) in [6.45, 7) is 6.09. The molecular formula is C15H21N3O2S. The Bertz CT molecular complexity index is 554. The van der Waals surface area contributed by atoms with Gasteiger partial charge in [0.2, 0.25) is 0 Å². The van der Waals surface area contributed by atoms with E-state index in [4.69, 9.17) is 10.5 Å². The Kier molecular flexibility index (Phi) is 5.07. The molecule has 0 atom stereocenters. The highest BCUT2D eigenvalue weighted by Crippen LogP contribution is 2.39. The van der Waals surface area contributed by atoms with E-state index in [1.54, 1.807) is 6.92 Å². The monoisotopic (exact) mass is 307 g/mol. The minimum atomic E-state index is -0.439. The maximum absolute atomic E-state index is 11.9. The zero-order valence-electron chi connectivity index (χ0n) is 12.5. The number of nitrogen functional groups attached to an aromatic ring is 1. The van der Waals surface area contributed by atoms with Gasteiger partial charge in [0.15, 0.2) is 0 Å². The SMILES string of the molecule is CCOC(=O)c1sc(N2CCC(CC)CC2)c(C#N)c1N. The lowest BCUT2D eigenvalue weighted by Crippen LogP contribution is -2.33. The van der Waals surface area contributed by atoms with Crippen LogP contribution in [-0.4, -0.2) is 25.7 Å². The first kappa shape index (κ1) is 15.6. The van der Waals surface area contributed by atoms with Gasteiger partial charge in [-0.05, 0) is 25.7 Å². The number of carbonyl (C=O) groups is 1. The van der Waals surface area contributed by atoms with Gasteiger partial charge >= 0.3 is 5.97 Å². The molecule has 0 saturated carbocycles. The second-order valence-corrected chi connectivity index (χ2v) is 6.20. The van der Waals surface area contributed by atoms with Crippen molar-refractivity contribution in [3.63, 3.8) is 0 Å². The van der Waals surface area contributed by atoms with E-state index in [2.05, 4.69) is 17.9 Å². The van der Waals surface area contributed by atoms with Crippen molar-refractivity contribution in [1.82, 2.24) is 0 Å². The van der Waals surface area contributed by atoms with Crippen molar-refractivity contribution in [3.8, 4) is 6.07 Å². The molecule has 0 bridgehead atoms. The Balaban J connectivity index is 2.26. The number of anilines is 2. The van der Waals surface area contributed by atoms with Gasteiger partial charge in [-0.1, -0.05) is 13.3 Å². The zero-order chi connectivity index (χ0) is 15.4. The number of rotatable bonds is 4. The van der Waals surface area contributed by atoms with Crippen LogP contribution in [0.2, 0.25) is 0 Å². The molecule has 0 spiro atoms. The molecule has 1 fully saturated rings. The number of hydrogen-bond acceptors (Lipinski definition) is 6. The van der Waals surface area contributed by atoms with E-state index in [1.807, 2.05) is 0 Å². The molecule has 6 heteroatoms. The molecule has 0 aromatic carbocycles. The first-order chi connectivity index (χ1) is 10.1.